The van der Waals surface area contributed by atoms with Gasteiger partial charge in [0, 0.05) is 13.0 Å². The molecule has 1 fully saturated rings. The number of benzene rings is 1. The van der Waals surface area contributed by atoms with Gasteiger partial charge in [-0.25, -0.2) is 4.68 Å². The second-order valence-electron chi connectivity index (χ2n) is 6.32. The molecule has 9 heteroatoms. The minimum atomic E-state index is -4.50. The average Bonchev–Trinajstić information content (AvgIpc) is 2.96. The van der Waals surface area contributed by atoms with Crippen LogP contribution < -0.4 is 10.6 Å². The van der Waals surface area contributed by atoms with Crippen molar-refractivity contribution < 1.29 is 18.0 Å². The van der Waals surface area contributed by atoms with Gasteiger partial charge in [0.25, 0.3) is 0 Å². The van der Waals surface area contributed by atoms with Gasteiger partial charge in [0.1, 0.15) is 0 Å². The van der Waals surface area contributed by atoms with E-state index in [0.29, 0.717) is 5.82 Å². The summed E-state index contributed by atoms with van der Waals surface area (Å²) in [5.41, 5.74) is -0.873. The van der Waals surface area contributed by atoms with Crippen molar-refractivity contribution in [3.05, 3.63) is 41.2 Å². The zero-order valence-corrected chi connectivity index (χ0v) is 14.3. The van der Waals surface area contributed by atoms with Crippen molar-refractivity contribution >= 4 is 11.9 Å². The van der Waals surface area contributed by atoms with Crippen molar-refractivity contribution in [1.29, 1.82) is 0 Å². The Hall–Kier alpha value is -2.42. The quantitative estimate of drug-likeness (QED) is 0.871. The number of anilines is 1. The number of hydrogen-bond acceptors (Lipinski definition) is 4. The predicted octanol–water partition coefficient (Wildman–Crippen LogP) is 2.48. The number of carbonyl (C=O) groups is 1. The number of aryl methyl sites for hydroxylation is 1. The summed E-state index contributed by atoms with van der Waals surface area (Å²) in [6.45, 7) is 1.78. The van der Waals surface area contributed by atoms with E-state index in [-0.39, 0.29) is 23.9 Å². The van der Waals surface area contributed by atoms with Crippen molar-refractivity contribution in [2.75, 3.05) is 18.4 Å². The fourth-order valence-electron chi connectivity index (χ4n) is 3.06. The number of carbonyl (C=O) groups excluding carboxylic acids is 1. The molecule has 26 heavy (non-hydrogen) atoms. The largest absolute Gasteiger partial charge is 0.416 e. The highest BCUT2D eigenvalue weighted by Gasteiger charge is 2.33. The van der Waals surface area contributed by atoms with E-state index in [9.17, 15) is 18.0 Å². The molecule has 140 valence electrons. The summed E-state index contributed by atoms with van der Waals surface area (Å²) in [5, 5.41) is 10.2. The van der Waals surface area contributed by atoms with Crippen LogP contribution in [0.2, 0.25) is 0 Å². The molecule has 1 amide bonds. The van der Waals surface area contributed by atoms with Crippen LogP contribution in [0.5, 0.6) is 0 Å². The maximum atomic E-state index is 13.0. The minimum absolute atomic E-state index is 0.0711. The molecule has 1 aromatic heterocycles. The van der Waals surface area contributed by atoms with E-state index < -0.39 is 17.6 Å². The maximum absolute atomic E-state index is 13.0. The van der Waals surface area contributed by atoms with Gasteiger partial charge in [-0.3, -0.25) is 10.1 Å². The van der Waals surface area contributed by atoms with Crippen molar-refractivity contribution in [3.8, 4) is 0 Å². The van der Waals surface area contributed by atoms with E-state index in [1.165, 1.54) is 22.9 Å². The average molecular weight is 367 g/mol. The Morgan fingerprint density at radius 3 is 2.69 bits per heavy atom. The van der Waals surface area contributed by atoms with Gasteiger partial charge in [0.05, 0.1) is 12.0 Å². The lowest BCUT2D eigenvalue weighted by Crippen LogP contribution is -2.27. The molecule has 0 spiro atoms. The van der Waals surface area contributed by atoms with E-state index in [1.807, 2.05) is 0 Å². The molecule has 3 rings (SSSR count). The van der Waals surface area contributed by atoms with Gasteiger partial charge >= 0.3 is 6.18 Å². The molecular weight excluding hydrogens is 347 g/mol. The summed E-state index contributed by atoms with van der Waals surface area (Å²) in [5.74, 6) is 0.557. The molecule has 1 aliphatic rings. The number of hydrogen-bond donors (Lipinski definition) is 2. The fraction of sp³-hybridized carbons (Fsp3) is 0.471. The lowest BCUT2D eigenvalue weighted by molar-refractivity contribution is -0.138. The first-order chi connectivity index (χ1) is 12.3. The van der Waals surface area contributed by atoms with Crippen molar-refractivity contribution in [1.82, 2.24) is 20.1 Å². The first-order valence-electron chi connectivity index (χ1n) is 8.41. The van der Waals surface area contributed by atoms with E-state index in [0.717, 1.165) is 32.0 Å². The number of amides is 1. The molecule has 1 saturated heterocycles. The lowest BCUT2D eigenvalue weighted by atomic mass is 9.98. The topological polar surface area (TPSA) is 71.8 Å². The van der Waals surface area contributed by atoms with Crippen LogP contribution in [0, 0.1) is 0 Å². The molecule has 0 unspecified atom stereocenters. The van der Waals surface area contributed by atoms with Crippen LogP contribution in [0.1, 0.15) is 35.7 Å². The van der Waals surface area contributed by atoms with Crippen LogP contribution in [-0.2, 0) is 24.4 Å². The minimum Gasteiger partial charge on any atom is -0.317 e. The zero-order chi connectivity index (χ0) is 18.7. The van der Waals surface area contributed by atoms with Gasteiger partial charge in [0.15, 0.2) is 5.82 Å². The highest BCUT2D eigenvalue weighted by molar-refractivity contribution is 5.90. The Morgan fingerprint density at radius 1 is 1.31 bits per heavy atom. The third-order valence-electron chi connectivity index (χ3n) is 4.41. The number of rotatable bonds is 4. The number of nitrogens with zero attached hydrogens (tertiary/aromatic N) is 3. The molecule has 0 radical (unpaired) electrons. The Kier molecular flexibility index (Phi) is 5.26. The summed E-state index contributed by atoms with van der Waals surface area (Å²) >= 11 is 0. The van der Waals surface area contributed by atoms with E-state index in [2.05, 4.69) is 20.7 Å². The first-order valence-corrected chi connectivity index (χ1v) is 8.41. The molecule has 0 bridgehead atoms. The number of piperidine rings is 1. The number of aromatic nitrogens is 3. The van der Waals surface area contributed by atoms with Crippen molar-refractivity contribution in [2.24, 2.45) is 7.05 Å². The Labute approximate surface area is 148 Å². The van der Waals surface area contributed by atoms with Crippen LogP contribution in [-0.4, -0.2) is 33.8 Å². The number of alkyl halides is 3. The highest BCUT2D eigenvalue weighted by Crippen LogP contribution is 2.32. The summed E-state index contributed by atoms with van der Waals surface area (Å²) in [6.07, 6.45) is -3.05. The van der Waals surface area contributed by atoms with Crippen LogP contribution in [0.4, 0.5) is 19.1 Å². The number of nitrogens with one attached hydrogen (secondary N) is 2. The van der Waals surface area contributed by atoms with E-state index in [1.54, 1.807) is 7.05 Å². The predicted molar refractivity (Wildman–Crippen MR) is 89.6 cm³/mol. The fourth-order valence-corrected chi connectivity index (χ4v) is 3.06. The van der Waals surface area contributed by atoms with Gasteiger partial charge in [-0.15, -0.1) is 0 Å². The molecule has 1 aromatic carbocycles. The smallest absolute Gasteiger partial charge is 0.317 e. The molecule has 0 atom stereocenters. The highest BCUT2D eigenvalue weighted by atomic mass is 19.4. The van der Waals surface area contributed by atoms with Crippen LogP contribution in [0.15, 0.2) is 24.3 Å². The van der Waals surface area contributed by atoms with Gasteiger partial charge in [-0.2, -0.15) is 23.3 Å². The van der Waals surface area contributed by atoms with E-state index >= 15 is 0 Å². The molecule has 6 nitrogen and oxygen atoms in total. The van der Waals surface area contributed by atoms with Gasteiger partial charge in [-0.1, -0.05) is 18.2 Å². The maximum Gasteiger partial charge on any atom is 0.416 e. The molecule has 2 heterocycles. The Bertz CT molecular complexity index is 781. The first kappa shape index (κ1) is 18.4. The lowest BCUT2D eigenvalue weighted by Gasteiger charge is -2.19. The molecule has 2 aromatic rings. The Morgan fingerprint density at radius 2 is 2.00 bits per heavy atom. The molecule has 2 N–H and O–H groups in total. The number of halogens is 3. The van der Waals surface area contributed by atoms with Crippen LogP contribution >= 0.6 is 0 Å². The molecule has 1 aliphatic heterocycles. The molecular formula is C17H20F3N5O. The standard InChI is InChI=1S/C17H20F3N5O/c1-25-16(23-15(24-25)11-6-8-21-9-7-11)22-14(26)10-12-4-2-3-5-13(12)17(18,19)20/h2-5,11,21H,6-10H2,1H3,(H,22,23,24,26). The van der Waals surface area contributed by atoms with Crippen LogP contribution in [0.3, 0.4) is 0 Å². The second kappa shape index (κ2) is 7.45. The molecule has 0 saturated carbocycles. The van der Waals surface area contributed by atoms with E-state index in [4.69, 9.17) is 0 Å². The molecule has 0 aliphatic carbocycles. The second-order valence-corrected chi connectivity index (χ2v) is 6.32. The Balaban J connectivity index is 1.70. The zero-order valence-electron chi connectivity index (χ0n) is 14.3. The summed E-state index contributed by atoms with van der Waals surface area (Å²) in [7, 11) is 1.65. The van der Waals surface area contributed by atoms with Gasteiger partial charge < -0.3 is 5.32 Å². The van der Waals surface area contributed by atoms with Crippen molar-refractivity contribution in [3.63, 3.8) is 0 Å². The summed E-state index contributed by atoms with van der Waals surface area (Å²) < 4.78 is 40.6. The third kappa shape index (κ3) is 4.21. The van der Waals surface area contributed by atoms with Gasteiger partial charge in [-0.05, 0) is 37.6 Å². The van der Waals surface area contributed by atoms with Crippen LogP contribution in [0.25, 0.3) is 0 Å². The SMILES string of the molecule is Cn1nc(C2CCNCC2)nc1NC(=O)Cc1ccccc1C(F)(F)F. The van der Waals surface area contributed by atoms with Gasteiger partial charge in [0.2, 0.25) is 11.9 Å². The normalized spacial score (nSPS) is 15.8. The van der Waals surface area contributed by atoms with Crippen molar-refractivity contribution in [2.45, 2.75) is 31.4 Å². The third-order valence-corrected chi connectivity index (χ3v) is 4.41. The summed E-state index contributed by atoms with van der Waals surface area (Å²) in [6, 6.07) is 5.06. The monoisotopic (exact) mass is 367 g/mol. The summed E-state index contributed by atoms with van der Waals surface area (Å²) in [4.78, 5) is 16.6.